The van der Waals surface area contributed by atoms with E-state index in [9.17, 15) is 4.79 Å². The maximum atomic E-state index is 11.7. The van der Waals surface area contributed by atoms with Crippen LogP contribution in [0.3, 0.4) is 0 Å². The van der Waals surface area contributed by atoms with Crippen molar-refractivity contribution in [1.82, 2.24) is 10.6 Å². The molecule has 0 aliphatic heterocycles. The monoisotopic (exact) mass is 503 g/mol. The molecule has 10 heteroatoms. The topological polar surface area (TPSA) is 111 Å². The molecule has 1 amide bonds. The zero-order valence-electron chi connectivity index (χ0n) is 21.4. The highest BCUT2D eigenvalue weighted by atomic mass is 32.2. The minimum absolute atomic E-state index is 0.0298. The Kier molecular flexibility index (Phi) is 22.7. The second-order valence-corrected chi connectivity index (χ2v) is 9.21. The highest BCUT2D eigenvalue weighted by Gasteiger charge is 2.26. The molecule has 0 aromatic carbocycles. The van der Waals surface area contributed by atoms with Crippen molar-refractivity contribution in [3.8, 4) is 5.40 Å². The normalized spacial score (nSPS) is 13.3. The second-order valence-electron chi connectivity index (χ2n) is 7.95. The molecule has 9 nitrogen and oxygen atoms in total. The number of ether oxygens (including phenoxy) is 5. The minimum Gasteiger partial charge on any atom is -0.379 e. The molecule has 1 unspecified atom stereocenters. The van der Waals surface area contributed by atoms with Gasteiger partial charge in [-0.3, -0.25) is 4.79 Å². The van der Waals surface area contributed by atoms with E-state index in [0.717, 1.165) is 24.9 Å². The van der Waals surface area contributed by atoms with Gasteiger partial charge in [-0.2, -0.15) is 5.26 Å². The van der Waals surface area contributed by atoms with E-state index < -0.39 is 4.93 Å². The summed E-state index contributed by atoms with van der Waals surface area (Å²) < 4.78 is 27.8. The van der Waals surface area contributed by atoms with Crippen LogP contribution in [0.2, 0.25) is 0 Å². The SMILES string of the molecule is CCNCCOCCOCCC(C)(OCCOCCOCCC(=O)NC/C=C/C(C)C)SC#N. The van der Waals surface area contributed by atoms with Crippen LogP contribution in [0.5, 0.6) is 0 Å². The van der Waals surface area contributed by atoms with Crippen molar-refractivity contribution in [3.05, 3.63) is 12.2 Å². The molecule has 198 valence electrons. The van der Waals surface area contributed by atoms with Gasteiger partial charge in [0, 0.05) is 25.9 Å². The molecule has 0 saturated heterocycles. The third kappa shape index (κ3) is 22.6. The number of hydrogen-bond donors (Lipinski definition) is 2. The van der Waals surface area contributed by atoms with E-state index in [1.165, 1.54) is 0 Å². The van der Waals surface area contributed by atoms with Crippen molar-refractivity contribution >= 4 is 17.7 Å². The number of thioether (sulfide) groups is 1. The number of nitrogens with one attached hydrogen (secondary N) is 2. The van der Waals surface area contributed by atoms with Crippen molar-refractivity contribution in [2.24, 2.45) is 5.92 Å². The smallest absolute Gasteiger partial charge is 0.222 e. The molecule has 0 saturated carbocycles. The number of rotatable bonds is 24. The molecule has 2 N–H and O–H groups in total. The van der Waals surface area contributed by atoms with E-state index in [0.29, 0.717) is 84.8 Å². The Morgan fingerprint density at radius 1 is 1.00 bits per heavy atom. The van der Waals surface area contributed by atoms with Gasteiger partial charge in [0.15, 0.2) is 0 Å². The Hall–Kier alpha value is -1.19. The lowest BCUT2D eigenvalue weighted by molar-refractivity contribution is -0.122. The first-order valence-electron chi connectivity index (χ1n) is 12.1. The van der Waals surface area contributed by atoms with Gasteiger partial charge in [0.1, 0.15) is 10.3 Å². The van der Waals surface area contributed by atoms with Gasteiger partial charge in [-0.15, -0.1) is 0 Å². The maximum absolute atomic E-state index is 11.7. The molecular weight excluding hydrogens is 458 g/mol. The summed E-state index contributed by atoms with van der Waals surface area (Å²) in [5, 5.41) is 17.2. The quantitative estimate of drug-likeness (QED) is 0.0889. The van der Waals surface area contributed by atoms with E-state index >= 15 is 0 Å². The van der Waals surface area contributed by atoms with Gasteiger partial charge in [0.2, 0.25) is 5.91 Å². The number of likely N-dealkylation sites (N-methyl/N-ethyl adjacent to an activating group) is 1. The molecule has 0 aromatic rings. The zero-order chi connectivity index (χ0) is 25.3. The van der Waals surface area contributed by atoms with Gasteiger partial charge in [0.25, 0.3) is 0 Å². The number of nitrogens with zero attached hydrogens (tertiary/aromatic N) is 1. The van der Waals surface area contributed by atoms with Crippen molar-refractivity contribution < 1.29 is 28.5 Å². The van der Waals surface area contributed by atoms with Gasteiger partial charge in [-0.05, 0) is 31.1 Å². The maximum Gasteiger partial charge on any atom is 0.222 e. The van der Waals surface area contributed by atoms with Crippen LogP contribution in [0.15, 0.2) is 12.2 Å². The average molecular weight is 504 g/mol. The van der Waals surface area contributed by atoms with Gasteiger partial charge < -0.3 is 34.3 Å². The first-order valence-corrected chi connectivity index (χ1v) is 12.9. The number of thiocyanates is 1. The Labute approximate surface area is 210 Å². The second kappa shape index (κ2) is 23.5. The van der Waals surface area contributed by atoms with Crippen LogP contribution in [0.4, 0.5) is 0 Å². The molecule has 0 rings (SSSR count). The largest absolute Gasteiger partial charge is 0.379 e. The first-order chi connectivity index (χ1) is 16.4. The molecule has 0 fully saturated rings. The Morgan fingerprint density at radius 3 is 2.26 bits per heavy atom. The standard InChI is InChI=1S/C24H45N3O6S/c1-5-26-11-14-31-17-16-30-13-9-24(4,34-21-25)33-20-19-32-18-15-29-12-8-23(28)27-10-6-7-22(2)3/h6-7,22,26H,5,8-20H2,1-4H3,(H,27,28)/b7-6+. The number of nitriles is 1. The molecular formula is C24H45N3O6S. The van der Waals surface area contributed by atoms with E-state index in [1.807, 2.05) is 13.0 Å². The summed E-state index contributed by atoms with van der Waals surface area (Å²) in [4.78, 5) is 11.0. The van der Waals surface area contributed by atoms with Crippen LogP contribution >= 0.6 is 11.8 Å². The summed E-state index contributed by atoms with van der Waals surface area (Å²) in [6.45, 7) is 14.6. The first kappa shape index (κ1) is 32.8. The number of allylic oxidation sites excluding steroid dienone is 1. The van der Waals surface area contributed by atoms with Gasteiger partial charge in [-0.25, -0.2) is 0 Å². The summed E-state index contributed by atoms with van der Waals surface area (Å²) in [6, 6.07) is 0. The number of carbonyl (C=O) groups excluding carboxylic acids is 1. The molecule has 0 aliphatic rings. The van der Waals surface area contributed by atoms with Crippen LogP contribution in [-0.4, -0.2) is 89.9 Å². The number of carbonyl (C=O) groups is 1. The third-order valence-electron chi connectivity index (χ3n) is 4.43. The molecule has 0 heterocycles. The van der Waals surface area contributed by atoms with Crippen LogP contribution in [-0.2, 0) is 28.5 Å². The zero-order valence-corrected chi connectivity index (χ0v) is 22.3. The summed E-state index contributed by atoms with van der Waals surface area (Å²) in [7, 11) is 0. The predicted octanol–water partition coefficient (Wildman–Crippen LogP) is 2.72. The minimum atomic E-state index is -0.655. The Morgan fingerprint density at radius 2 is 1.62 bits per heavy atom. The lowest BCUT2D eigenvalue weighted by Gasteiger charge is -2.26. The fourth-order valence-corrected chi connectivity index (χ4v) is 3.08. The molecule has 0 radical (unpaired) electrons. The number of amides is 1. The van der Waals surface area contributed by atoms with Gasteiger partial charge in [0.05, 0.1) is 59.5 Å². The fraction of sp³-hybridized carbons (Fsp3) is 0.833. The summed E-state index contributed by atoms with van der Waals surface area (Å²) in [5.41, 5.74) is 0. The van der Waals surface area contributed by atoms with Gasteiger partial charge >= 0.3 is 0 Å². The van der Waals surface area contributed by atoms with Crippen LogP contribution in [0.25, 0.3) is 0 Å². The molecule has 0 spiro atoms. The molecule has 0 aliphatic carbocycles. The summed E-state index contributed by atoms with van der Waals surface area (Å²) in [6.07, 6.45) is 4.92. The molecule has 1 atom stereocenters. The summed E-state index contributed by atoms with van der Waals surface area (Å²) >= 11 is 1.08. The predicted molar refractivity (Wildman–Crippen MR) is 136 cm³/mol. The van der Waals surface area contributed by atoms with E-state index in [2.05, 4.69) is 42.9 Å². The van der Waals surface area contributed by atoms with Crippen molar-refractivity contribution in [1.29, 1.82) is 5.26 Å². The number of hydrogen-bond acceptors (Lipinski definition) is 9. The molecule has 34 heavy (non-hydrogen) atoms. The van der Waals surface area contributed by atoms with Crippen LogP contribution < -0.4 is 10.6 Å². The Bertz CT molecular complexity index is 559. The average Bonchev–Trinajstić information content (AvgIpc) is 2.80. The molecule has 0 bridgehead atoms. The van der Waals surface area contributed by atoms with E-state index in [-0.39, 0.29) is 5.91 Å². The van der Waals surface area contributed by atoms with Gasteiger partial charge in [-0.1, -0.05) is 32.9 Å². The Balaban J connectivity index is 3.69. The van der Waals surface area contributed by atoms with Crippen LogP contribution in [0, 0.1) is 16.6 Å². The highest BCUT2D eigenvalue weighted by Crippen LogP contribution is 2.29. The lowest BCUT2D eigenvalue weighted by atomic mass is 10.2. The lowest BCUT2D eigenvalue weighted by Crippen LogP contribution is -2.28. The summed E-state index contributed by atoms with van der Waals surface area (Å²) in [5.74, 6) is 0.449. The third-order valence-corrected chi connectivity index (χ3v) is 5.27. The van der Waals surface area contributed by atoms with E-state index in [1.54, 1.807) is 0 Å². The van der Waals surface area contributed by atoms with Crippen LogP contribution in [0.1, 0.15) is 40.5 Å². The molecule has 0 aromatic heterocycles. The fourth-order valence-electron chi connectivity index (χ4n) is 2.55. The van der Waals surface area contributed by atoms with E-state index in [4.69, 9.17) is 28.9 Å². The van der Waals surface area contributed by atoms with Crippen molar-refractivity contribution in [2.45, 2.75) is 45.5 Å². The van der Waals surface area contributed by atoms with Crippen molar-refractivity contribution in [2.75, 3.05) is 79.1 Å². The highest BCUT2D eigenvalue weighted by molar-refractivity contribution is 8.04. The van der Waals surface area contributed by atoms with Crippen molar-refractivity contribution in [3.63, 3.8) is 0 Å².